The molecule has 90 valence electrons. The van der Waals surface area contributed by atoms with Gasteiger partial charge in [-0.3, -0.25) is 4.84 Å². The molecule has 0 aliphatic heterocycles. The van der Waals surface area contributed by atoms with Crippen LogP contribution in [0.15, 0.2) is 18.2 Å². The molecule has 1 unspecified atom stereocenters. The molecule has 1 rings (SSSR count). The summed E-state index contributed by atoms with van der Waals surface area (Å²) in [5.41, 5.74) is 1.72. The molecule has 0 aliphatic rings. The molecule has 0 spiro atoms. The smallest absolute Gasteiger partial charge is 0.123 e. The first-order chi connectivity index (χ1) is 7.63. The highest BCUT2D eigenvalue weighted by atomic mass is 16.6. The first-order valence-electron chi connectivity index (χ1n) is 5.57. The van der Waals surface area contributed by atoms with Crippen LogP contribution in [0.25, 0.3) is 0 Å². The van der Waals surface area contributed by atoms with Crippen LogP contribution in [0.1, 0.15) is 32.4 Å². The lowest BCUT2D eigenvalue weighted by Gasteiger charge is -2.22. The standard InChI is InChI=1S/C12H20N2O2/c1-4-14(5-2)10-6-7-11(9(3)16-13)12(15)8-10/h6-9,15H,4-5,13H2,1-3H3. The van der Waals surface area contributed by atoms with Crippen molar-refractivity contribution in [1.29, 1.82) is 0 Å². The highest BCUT2D eigenvalue weighted by Crippen LogP contribution is 2.29. The quantitative estimate of drug-likeness (QED) is 0.753. The number of hydrogen-bond acceptors (Lipinski definition) is 4. The van der Waals surface area contributed by atoms with E-state index in [0.29, 0.717) is 5.56 Å². The number of nitrogens with two attached hydrogens (primary N) is 1. The van der Waals surface area contributed by atoms with Crippen molar-refractivity contribution in [2.75, 3.05) is 18.0 Å². The van der Waals surface area contributed by atoms with Crippen LogP contribution in [0.2, 0.25) is 0 Å². The number of benzene rings is 1. The van der Waals surface area contributed by atoms with Crippen LogP contribution in [0.5, 0.6) is 5.75 Å². The number of anilines is 1. The van der Waals surface area contributed by atoms with Crippen molar-refractivity contribution in [2.24, 2.45) is 5.90 Å². The minimum Gasteiger partial charge on any atom is -0.507 e. The van der Waals surface area contributed by atoms with E-state index in [0.717, 1.165) is 18.8 Å². The molecule has 4 nitrogen and oxygen atoms in total. The maximum absolute atomic E-state index is 9.87. The first kappa shape index (κ1) is 12.8. The van der Waals surface area contributed by atoms with Crippen LogP contribution in [0.3, 0.4) is 0 Å². The van der Waals surface area contributed by atoms with Crippen molar-refractivity contribution in [3.63, 3.8) is 0 Å². The van der Waals surface area contributed by atoms with Crippen LogP contribution >= 0.6 is 0 Å². The van der Waals surface area contributed by atoms with Crippen molar-refractivity contribution in [3.8, 4) is 5.75 Å². The van der Waals surface area contributed by atoms with Gasteiger partial charge in [-0.1, -0.05) is 6.07 Å². The van der Waals surface area contributed by atoms with Gasteiger partial charge < -0.3 is 10.0 Å². The second-order valence-corrected chi connectivity index (χ2v) is 3.69. The normalized spacial score (nSPS) is 12.5. The molecule has 0 radical (unpaired) electrons. The zero-order valence-electron chi connectivity index (χ0n) is 10.1. The molecule has 1 aromatic carbocycles. The largest absolute Gasteiger partial charge is 0.507 e. The summed E-state index contributed by atoms with van der Waals surface area (Å²) < 4.78 is 0. The van der Waals surface area contributed by atoms with E-state index in [1.54, 1.807) is 13.0 Å². The number of nitrogens with zero attached hydrogens (tertiary/aromatic N) is 1. The van der Waals surface area contributed by atoms with Crippen molar-refractivity contribution in [1.82, 2.24) is 0 Å². The van der Waals surface area contributed by atoms with E-state index >= 15 is 0 Å². The summed E-state index contributed by atoms with van der Waals surface area (Å²) in [6.45, 7) is 7.79. The fourth-order valence-corrected chi connectivity index (χ4v) is 1.73. The van der Waals surface area contributed by atoms with Gasteiger partial charge in [-0.2, -0.15) is 0 Å². The summed E-state index contributed by atoms with van der Waals surface area (Å²) >= 11 is 0. The average molecular weight is 224 g/mol. The fraction of sp³-hybridized carbons (Fsp3) is 0.500. The summed E-state index contributed by atoms with van der Waals surface area (Å²) in [4.78, 5) is 6.86. The van der Waals surface area contributed by atoms with Crippen LogP contribution in [0, 0.1) is 0 Å². The Morgan fingerprint density at radius 3 is 2.44 bits per heavy atom. The predicted octanol–water partition coefficient (Wildman–Crippen LogP) is 2.19. The maximum atomic E-state index is 9.87. The van der Waals surface area contributed by atoms with Crippen LogP contribution in [0.4, 0.5) is 5.69 Å². The summed E-state index contributed by atoms with van der Waals surface area (Å²) in [6, 6.07) is 5.57. The molecular weight excluding hydrogens is 204 g/mol. The Labute approximate surface area is 96.6 Å². The Morgan fingerprint density at radius 2 is 2.00 bits per heavy atom. The number of aromatic hydroxyl groups is 1. The van der Waals surface area contributed by atoms with E-state index in [1.165, 1.54) is 0 Å². The Balaban J connectivity index is 2.98. The van der Waals surface area contributed by atoms with Gasteiger partial charge >= 0.3 is 0 Å². The molecule has 0 aliphatic carbocycles. The zero-order chi connectivity index (χ0) is 12.1. The number of hydrogen-bond donors (Lipinski definition) is 2. The third-order valence-electron chi connectivity index (χ3n) is 2.78. The fourth-order valence-electron chi connectivity index (χ4n) is 1.73. The van der Waals surface area contributed by atoms with Gasteiger partial charge in [0.25, 0.3) is 0 Å². The summed E-state index contributed by atoms with van der Waals surface area (Å²) in [5.74, 6) is 5.33. The second-order valence-electron chi connectivity index (χ2n) is 3.69. The third-order valence-corrected chi connectivity index (χ3v) is 2.78. The van der Waals surface area contributed by atoms with Gasteiger partial charge in [0.15, 0.2) is 0 Å². The monoisotopic (exact) mass is 224 g/mol. The molecular formula is C12H20N2O2. The first-order valence-corrected chi connectivity index (χ1v) is 5.57. The third kappa shape index (κ3) is 2.65. The lowest BCUT2D eigenvalue weighted by Crippen LogP contribution is -2.21. The average Bonchev–Trinajstić information content (AvgIpc) is 2.30. The second kappa shape index (κ2) is 5.72. The Kier molecular flexibility index (Phi) is 4.58. The van der Waals surface area contributed by atoms with E-state index in [9.17, 15) is 5.11 Å². The number of phenols is 1. The molecule has 0 saturated heterocycles. The lowest BCUT2D eigenvalue weighted by molar-refractivity contribution is 0.0647. The van der Waals surface area contributed by atoms with Gasteiger partial charge in [0.2, 0.25) is 0 Å². The van der Waals surface area contributed by atoms with Crippen LogP contribution < -0.4 is 10.8 Å². The van der Waals surface area contributed by atoms with Gasteiger partial charge in [0.05, 0.1) is 0 Å². The molecule has 0 amide bonds. The molecule has 1 atom stereocenters. The van der Waals surface area contributed by atoms with E-state index < -0.39 is 0 Å². The highest BCUT2D eigenvalue weighted by molar-refractivity contribution is 5.53. The molecule has 16 heavy (non-hydrogen) atoms. The Morgan fingerprint density at radius 1 is 1.38 bits per heavy atom. The summed E-state index contributed by atoms with van der Waals surface area (Å²) in [7, 11) is 0. The van der Waals surface area contributed by atoms with Crippen molar-refractivity contribution in [2.45, 2.75) is 26.9 Å². The van der Waals surface area contributed by atoms with Gasteiger partial charge in [0.1, 0.15) is 11.9 Å². The minimum absolute atomic E-state index is 0.224. The number of rotatable bonds is 5. The molecule has 0 aromatic heterocycles. The van der Waals surface area contributed by atoms with Gasteiger partial charge in [-0.15, -0.1) is 0 Å². The van der Waals surface area contributed by atoms with Gasteiger partial charge in [-0.25, -0.2) is 5.90 Å². The lowest BCUT2D eigenvalue weighted by atomic mass is 10.1. The van der Waals surface area contributed by atoms with Gasteiger partial charge in [0, 0.05) is 30.4 Å². The maximum Gasteiger partial charge on any atom is 0.123 e. The van der Waals surface area contributed by atoms with E-state index in [-0.39, 0.29) is 11.9 Å². The molecule has 3 N–H and O–H groups in total. The summed E-state index contributed by atoms with van der Waals surface area (Å²) in [6.07, 6.45) is -0.300. The van der Waals surface area contributed by atoms with Crippen LogP contribution in [-0.4, -0.2) is 18.2 Å². The van der Waals surface area contributed by atoms with Gasteiger partial charge in [-0.05, 0) is 26.8 Å². The van der Waals surface area contributed by atoms with E-state index in [4.69, 9.17) is 10.7 Å². The Hall–Kier alpha value is -1.26. The van der Waals surface area contributed by atoms with E-state index in [2.05, 4.69) is 18.7 Å². The Bertz CT molecular complexity index is 338. The highest BCUT2D eigenvalue weighted by Gasteiger charge is 2.12. The molecule has 0 fully saturated rings. The minimum atomic E-state index is -0.300. The molecule has 0 bridgehead atoms. The van der Waals surface area contributed by atoms with Crippen LogP contribution in [-0.2, 0) is 4.84 Å². The molecule has 0 saturated carbocycles. The number of phenolic OH excluding ortho intramolecular Hbond substituents is 1. The molecule has 1 aromatic rings. The summed E-state index contributed by atoms with van der Waals surface area (Å²) in [5, 5.41) is 9.87. The molecule has 0 heterocycles. The van der Waals surface area contributed by atoms with Crippen molar-refractivity contribution in [3.05, 3.63) is 23.8 Å². The molecule has 4 heteroatoms. The zero-order valence-corrected chi connectivity index (χ0v) is 10.1. The van der Waals surface area contributed by atoms with E-state index in [1.807, 2.05) is 12.1 Å². The van der Waals surface area contributed by atoms with Crippen molar-refractivity contribution < 1.29 is 9.94 Å². The SMILES string of the molecule is CCN(CC)c1ccc(C(C)ON)c(O)c1. The topological polar surface area (TPSA) is 58.7 Å². The predicted molar refractivity (Wildman–Crippen MR) is 65.4 cm³/mol. The van der Waals surface area contributed by atoms with Crippen molar-refractivity contribution >= 4 is 5.69 Å².